The predicted octanol–water partition coefficient (Wildman–Crippen LogP) is 3.55. The molecule has 1 atom stereocenters. The van der Waals surface area contributed by atoms with E-state index in [1.54, 1.807) is 0 Å². The first kappa shape index (κ1) is 9.45. The van der Waals surface area contributed by atoms with E-state index in [1.165, 1.54) is 24.8 Å². The second kappa shape index (κ2) is 3.95. The largest absolute Gasteiger partial charge is 0.294 e. The van der Waals surface area contributed by atoms with Crippen LogP contribution in [0, 0.1) is 0 Å². The highest BCUT2D eigenvalue weighted by molar-refractivity contribution is 6.01. The fourth-order valence-electron chi connectivity index (χ4n) is 2.26. The summed E-state index contributed by atoms with van der Waals surface area (Å²) >= 11 is 0. The number of fused-ring (bicyclic) bond motifs is 1. The molecule has 0 fully saturated rings. The first-order valence-corrected chi connectivity index (χ1v) is 5.45. The normalized spacial score (nSPS) is 19.8. The van der Waals surface area contributed by atoms with Crippen molar-refractivity contribution in [2.75, 3.05) is 0 Å². The summed E-state index contributed by atoms with van der Waals surface area (Å²) in [5.41, 5.74) is 2.25. The van der Waals surface area contributed by atoms with E-state index in [-0.39, 0.29) is 0 Å². The van der Waals surface area contributed by atoms with E-state index in [2.05, 4.69) is 13.0 Å². The van der Waals surface area contributed by atoms with Gasteiger partial charge in [0.05, 0.1) is 0 Å². The molecule has 1 aromatic rings. The van der Waals surface area contributed by atoms with Gasteiger partial charge in [0.25, 0.3) is 0 Å². The topological polar surface area (TPSA) is 17.1 Å². The summed E-state index contributed by atoms with van der Waals surface area (Å²) in [6.45, 7) is 2.20. The Balaban J connectivity index is 2.21. The molecule has 1 aromatic carbocycles. The Hall–Kier alpha value is -1.11. The highest BCUT2D eigenvalue weighted by Gasteiger charge is 2.27. The van der Waals surface area contributed by atoms with Crippen molar-refractivity contribution < 1.29 is 4.79 Å². The van der Waals surface area contributed by atoms with Gasteiger partial charge in [-0.2, -0.15) is 0 Å². The molecule has 0 saturated heterocycles. The van der Waals surface area contributed by atoms with Crippen LogP contribution in [0.15, 0.2) is 24.3 Å². The van der Waals surface area contributed by atoms with Gasteiger partial charge in [0.1, 0.15) is 0 Å². The molecule has 14 heavy (non-hydrogen) atoms. The third kappa shape index (κ3) is 1.59. The maximum absolute atomic E-state index is 11.6. The van der Waals surface area contributed by atoms with Gasteiger partial charge in [-0.25, -0.2) is 0 Å². The predicted molar refractivity (Wildman–Crippen MR) is 57.7 cm³/mol. The van der Waals surface area contributed by atoms with Crippen LogP contribution >= 0.6 is 0 Å². The zero-order valence-corrected chi connectivity index (χ0v) is 8.62. The Morgan fingerprint density at radius 1 is 1.36 bits per heavy atom. The minimum absolute atomic E-state index is 0.335. The highest BCUT2D eigenvalue weighted by Crippen LogP contribution is 2.36. The monoisotopic (exact) mass is 188 g/mol. The first-order valence-electron chi connectivity index (χ1n) is 5.45. The van der Waals surface area contributed by atoms with Gasteiger partial charge >= 0.3 is 0 Å². The lowest BCUT2D eigenvalue weighted by Gasteiger charge is -2.08. The van der Waals surface area contributed by atoms with E-state index in [0.717, 1.165) is 12.0 Å². The zero-order chi connectivity index (χ0) is 9.97. The van der Waals surface area contributed by atoms with Gasteiger partial charge in [0.2, 0.25) is 0 Å². The highest BCUT2D eigenvalue weighted by atomic mass is 16.1. The molecule has 0 aromatic heterocycles. The molecular formula is C13H16O. The summed E-state index contributed by atoms with van der Waals surface area (Å²) < 4.78 is 0. The number of benzene rings is 1. The van der Waals surface area contributed by atoms with Crippen molar-refractivity contribution >= 4 is 5.78 Å². The van der Waals surface area contributed by atoms with Gasteiger partial charge in [-0.1, -0.05) is 44.0 Å². The summed E-state index contributed by atoms with van der Waals surface area (Å²) in [4.78, 5) is 11.6. The number of Topliss-reactive ketones (excluding diaryl/α,β-unsaturated/α-hetero) is 1. The Morgan fingerprint density at radius 3 is 2.93 bits per heavy atom. The summed E-state index contributed by atoms with van der Waals surface area (Å²) in [7, 11) is 0. The van der Waals surface area contributed by atoms with Gasteiger partial charge in [-0.3, -0.25) is 4.79 Å². The third-order valence-electron chi connectivity index (χ3n) is 3.04. The average molecular weight is 188 g/mol. The summed E-state index contributed by atoms with van der Waals surface area (Å²) in [5.74, 6) is 0.834. The van der Waals surface area contributed by atoms with Crippen LogP contribution < -0.4 is 0 Å². The van der Waals surface area contributed by atoms with Crippen molar-refractivity contribution in [3.8, 4) is 0 Å². The van der Waals surface area contributed by atoms with Crippen LogP contribution in [0.5, 0.6) is 0 Å². The summed E-state index contributed by atoms with van der Waals surface area (Å²) in [6, 6.07) is 8.07. The molecule has 0 spiro atoms. The Bertz CT molecular complexity index is 341. The standard InChI is InChI=1S/C13H16O/c1-2-3-6-10-9-13(14)12-8-5-4-7-11(10)12/h4-5,7-8,10H,2-3,6,9H2,1H3/t10-/m1/s1. The van der Waals surface area contributed by atoms with Crippen LogP contribution in [0.3, 0.4) is 0 Å². The second-order valence-corrected chi connectivity index (χ2v) is 4.05. The van der Waals surface area contributed by atoms with Crippen molar-refractivity contribution in [1.29, 1.82) is 0 Å². The smallest absolute Gasteiger partial charge is 0.163 e. The molecule has 0 radical (unpaired) electrons. The first-order chi connectivity index (χ1) is 6.83. The maximum Gasteiger partial charge on any atom is 0.163 e. The number of unbranched alkanes of at least 4 members (excludes halogenated alkanes) is 1. The van der Waals surface area contributed by atoms with E-state index in [9.17, 15) is 4.79 Å². The van der Waals surface area contributed by atoms with Crippen LogP contribution in [0.4, 0.5) is 0 Å². The number of carbonyl (C=O) groups is 1. The molecule has 0 amide bonds. The molecule has 1 heteroatoms. The molecule has 0 bridgehead atoms. The molecular weight excluding hydrogens is 172 g/mol. The van der Waals surface area contributed by atoms with Gasteiger partial charge in [0, 0.05) is 12.0 Å². The van der Waals surface area contributed by atoms with Crippen LogP contribution in [-0.4, -0.2) is 5.78 Å². The number of ketones is 1. The van der Waals surface area contributed by atoms with E-state index in [0.29, 0.717) is 11.7 Å². The molecule has 0 unspecified atom stereocenters. The molecule has 1 nitrogen and oxygen atoms in total. The number of hydrogen-bond acceptors (Lipinski definition) is 1. The summed E-state index contributed by atoms with van der Waals surface area (Å²) in [6.07, 6.45) is 4.34. The third-order valence-corrected chi connectivity index (χ3v) is 3.04. The Kier molecular flexibility index (Phi) is 2.67. The molecule has 1 aliphatic rings. The number of hydrogen-bond donors (Lipinski definition) is 0. The molecule has 0 aliphatic heterocycles. The van der Waals surface area contributed by atoms with Crippen molar-refractivity contribution in [2.24, 2.45) is 0 Å². The number of rotatable bonds is 3. The second-order valence-electron chi connectivity index (χ2n) is 4.05. The Morgan fingerprint density at radius 2 is 2.14 bits per heavy atom. The van der Waals surface area contributed by atoms with Gasteiger partial charge in [-0.05, 0) is 17.9 Å². The lowest BCUT2D eigenvalue weighted by atomic mass is 9.96. The lowest BCUT2D eigenvalue weighted by molar-refractivity contribution is 0.0988. The van der Waals surface area contributed by atoms with Gasteiger partial charge in [0.15, 0.2) is 5.78 Å². The van der Waals surface area contributed by atoms with Crippen molar-refractivity contribution in [3.05, 3.63) is 35.4 Å². The molecule has 2 rings (SSSR count). The fourth-order valence-corrected chi connectivity index (χ4v) is 2.26. The Labute approximate surface area is 85.1 Å². The van der Waals surface area contributed by atoms with Crippen molar-refractivity contribution in [1.82, 2.24) is 0 Å². The zero-order valence-electron chi connectivity index (χ0n) is 8.62. The van der Waals surface area contributed by atoms with E-state index in [1.807, 2.05) is 18.2 Å². The SMILES string of the molecule is CCCC[C@@H]1CC(=O)c2ccccc21. The van der Waals surface area contributed by atoms with Crippen LogP contribution in [0.1, 0.15) is 54.4 Å². The maximum atomic E-state index is 11.6. The van der Waals surface area contributed by atoms with E-state index in [4.69, 9.17) is 0 Å². The minimum atomic E-state index is 0.335. The van der Waals surface area contributed by atoms with E-state index >= 15 is 0 Å². The van der Waals surface area contributed by atoms with Gasteiger partial charge < -0.3 is 0 Å². The van der Waals surface area contributed by atoms with Crippen LogP contribution in [0.25, 0.3) is 0 Å². The lowest BCUT2D eigenvalue weighted by Crippen LogP contribution is -1.93. The van der Waals surface area contributed by atoms with Gasteiger partial charge in [-0.15, -0.1) is 0 Å². The van der Waals surface area contributed by atoms with Crippen LogP contribution in [-0.2, 0) is 0 Å². The minimum Gasteiger partial charge on any atom is -0.294 e. The fraction of sp³-hybridized carbons (Fsp3) is 0.462. The summed E-state index contributed by atoms with van der Waals surface area (Å²) in [5, 5.41) is 0. The molecule has 0 N–H and O–H groups in total. The molecule has 0 heterocycles. The molecule has 1 aliphatic carbocycles. The quantitative estimate of drug-likeness (QED) is 0.709. The van der Waals surface area contributed by atoms with E-state index < -0.39 is 0 Å². The van der Waals surface area contributed by atoms with Crippen molar-refractivity contribution in [3.63, 3.8) is 0 Å². The number of carbonyl (C=O) groups excluding carboxylic acids is 1. The van der Waals surface area contributed by atoms with Crippen molar-refractivity contribution in [2.45, 2.75) is 38.5 Å². The molecule has 0 saturated carbocycles. The van der Waals surface area contributed by atoms with Crippen LogP contribution in [0.2, 0.25) is 0 Å². The molecule has 74 valence electrons. The average Bonchev–Trinajstić information content (AvgIpc) is 2.54.